The standard InChI is InChI=1S/C12H19NS/c13-8-12(10-4-1-2-5-10)11-6-3-7-14-9-11/h10-12H,1-7,9H2. The van der Waals surface area contributed by atoms with Gasteiger partial charge in [0.15, 0.2) is 0 Å². The molecular weight excluding hydrogens is 190 g/mol. The minimum absolute atomic E-state index is 0.380. The third-order valence-electron chi connectivity index (χ3n) is 3.76. The first kappa shape index (κ1) is 10.4. The predicted octanol–water partition coefficient (Wildman–Crippen LogP) is 3.46. The van der Waals surface area contributed by atoms with Crippen LogP contribution in [0.15, 0.2) is 0 Å². The van der Waals surface area contributed by atoms with Gasteiger partial charge in [-0.15, -0.1) is 0 Å². The van der Waals surface area contributed by atoms with E-state index in [0.29, 0.717) is 11.8 Å². The highest BCUT2D eigenvalue weighted by Gasteiger charge is 2.32. The lowest BCUT2D eigenvalue weighted by Crippen LogP contribution is -2.25. The third-order valence-corrected chi connectivity index (χ3v) is 5.00. The van der Waals surface area contributed by atoms with Gasteiger partial charge in [0.05, 0.1) is 12.0 Å². The molecule has 2 atom stereocenters. The van der Waals surface area contributed by atoms with Gasteiger partial charge in [0.1, 0.15) is 0 Å². The lowest BCUT2D eigenvalue weighted by molar-refractivity contribution is 0.294. The van der Waals surface area contributed by atoms with Crippen molar-refractivity contribution in [3.05, 3.63) is 0 Å². The topological polar surface area (TPSA) is 23.8 Å². The van der Waals surface area contributed by atoms with Crippen LogP contribution < -0.4 is 0 Å². The number of hydrogen-bond donors (Lipinski definition) is 0. The highest BCUT2D eigenvalue weighted by atomic mass is 32.2. The van der Waals surface area contributed by atoms with E-state index in [4.69, 9.17) is 0 Å². The minimum Gasteiger partial charge on any atom is -0.198 e. The van der Waals surface area contributed by atoms with E-state index in [1.165, 1.54) is 50.0 Å². The molecule has 0 amide bonds. The molecule has 2 heteroatoms. The Morgan fingerprint density at radius 1 is 1.07 bits per heavy atom. The summed E-state index contributed by atoms with van der Waals surface area (Å²) in [5, 5.41) is 9.28. The van der Waals surface area contributed by atoms with Crippen LogP contribution >= 0.6 is 11.8 Å². The Balaban J connectivity index is 1.93. The molecule has 1 aliphatic heterocycles. The van der Waals surface area contributed by atoms with Crippen molar-refractivity contribution in [3.63, 3.8) is 0 Å². The Morgan fingerprint density at radius 2 is 1.79 bits per heavy atom. The van der Waals surface area contributed by atoms with Gasteiger partial charge in [-0.05, 0) is 49.0 Å². The maximum atomic E-state index is 9.28. The summed E-state index contributed by atoms with van der Waals surface area (Å²) in [5.74, 6) is 4.39. The fraction of sp³-hybridized carbons (Fsp3) is 0.917. The second kappa shape index (κ2) is 5.07. The van der Waals surface area contributed by atoms with Crippen LogP contribution in [-0.2, 0) is 0 Å². The average Bonchev–Trinajstić information content (AvgIpc) is 2.74. The first-order chi connectivity index (χ1) is 6.92. The molecule has 1 saturated heterocycles. The number of nitriles is 1. The normalized spacial score (nSPS) is 31.2. The van der Waals surface area contributed by atoms with Crippen LogP contribution in [0.4, 0.5) is 0 Å². The summed E-state index contributed by atoms with van der Waals surface area (Å²) in [7, 11) is 0. The SMILES string of the molecule is N#CC(C1CCCC1)C1CCCSC1. The number of hydrogen-bond acceptors (Lipinski definition) is 2. The van der Waals surface area contributed by atoms with Crippen LogP contribution in [0, 0.1) is 29.1 Å². The molecule has 1 aliphatic carbocycles. The molecule has 2 unspecified atom stereocenters. The van der Waals surface area contributed by atoms with Crippen LogP contribution in [0.5, 0.6) is 0 Å². The molecule has 2 rings (SSSR count). The van der Waals surface area contributed by atoms with E-state index in [9.17, 15) is 5.26 Å². The summed E-state index contributed by atoms with van der Waals surface area (Å²) in [6, 6.07) is 2.60. The summed E-state index contributed by atoms with van der Waals surface area (Å²) >= 11 is 2.05. The van der Waals surface area contributed by atoms with E-state index < -0.39 is 0 Å². The van der Waals surface area contributed by atoms with Crippen LogP contribution in [0.3, 0.4) is 0 Å². The highest BCUT2D eigenvalue weighted by molar-refractivity contribution is 7.99. The molecule has 0 bridgehead atoms. The smallest absolute Gasteiger partial charge is 0.0661 e. The molecule has 0 N–H and O–H groups in total. The van der Waals surface area contributed by atoms with Gasteiger partial charge in [-0.1, -0.05) is 12.8 Å². The lowest BCUT2D eigenvalue weighted by atomic mass is 9.80. The molecule has 2 aliphatic rings. The summed E-state index contributed by atoms with van der Waals surface area (Å²) in [6.45, 7) is 0. The Morgan fingerprint density at radius 3 is 2.36 bits per heavy atom. The largest absolute Gasteiger partial charge is 0.198 e. The zero-order chi connectivity index (χ0) is 9.80. The maximum Gasteiger partial charge on any atom is 0.0661 e. The van der Waals surface area contributed by atoms with Crippen molar-refractivity contribution in [1.82, 2.24) is 0 Å². The van der Waals surface area contributed by atoms with Crippen LogP contribution in [0.1, 0.15) is 38.5 Å². The Hall–Kier alpha value is -0.160. The molecule has 78 valence electrons. The van der Waals surface area contributed by atoms with Crippen molar-refractivity contribution in [2.75, 3.05) is 11.5 Å². The first-order valence-electron chi connectivity index (χ1n) is 5.89. The number of nitrogens with zero attached hydrogens (tertiary/aromatic N) is 1. The first-order valence-corrected chi connectivity index (χ1v) is 7.04. The lowest BCUT2D eigenvalue weighted by Gasteiger charge is -2.29. The zero-order valence-electron chi connectivity index (χ0n) is 8.74. The molecule has 1 heterocycles. The molecule has 0 aromatic carbocycles. The molecule has 0 spiro atoms. The van der Waals surface area contributed by atoms with Crippen molar-refractivity contribution < 1.29 is 0 Å². The van der Waals surface area contributed by atoms with Crippen LogP contribution in [0.2, 0.25) is 0 Å². The highest BCUT2D eigenvalue weighted by Crippen LogP contribution is 2.39. The minimum atomic E-state index is 0.380. The van der Waals surface area contributed by atoms with E-state index in [0.717, 1.165) is 5.92 Å². The van der Waals surface area contributed by atoms with Crippen LogP contribution in [0.25, 0.3) is 0 Å². The fourth-order valence-corrected chi connectivity index (χ4v) is 4.18. The van der Waals surface area contributed by atoms with E-state index in [2.05, 4.69) is 17.8 Å². The van der Waals surface area contributed by atoms with Gasteiger partial charge in [0.25, 0.3) is 0 Å². The summed E-state index contributed by atoms with van der Waals surface area (Å²) in [5.41, 5.74) is 0. The quantitative estimate of drug-likeness (QED) is 0.695. The van der Waals surface area contributed by atoms with Gasteiger partial charge >= 0.3 is 0 Å². The molecule has 1 nitrogen and oxygen atoms in total. The van der Waals surface area contributed by atoms with Crippen molar-refractivity contribution in [3.8, 4) is 6.07 Å². The van der Waals surface area contributed by atoms with Crippen molar-refractivity contribution >= 4 is 11.8 Å². The number of rotatable bonds is 2. The average molecular weight is 209 g/mol. The van der Waals surface area contributed by atoms with E-state index in [1.54, 1.807) is 0 Å². The van der Waals surface area contributed by atoms with Gasteiger partial charge in [-0.3, -0.25) is 0 Å². The van der Waals surface area contributed by atoms with E-state index >= 15 is 0 Å². The monoisotopic (exact) mass is 209 g/mol. The summed E-state index contributed by atoms with van der Waals surface area (Å²) in [6.07, 6.45) is 8.01. The molecule has 0 radical (unpaired) electrons. The van der Waals surface area contributed by atoms with Gasteiger partial charge < -0.3 is 0 Å². The van der Waals surface area contributed by atoms with Gasteiger partial charge in [-0.2, -0.15) is 17.0 Å². The molecule has 0 aromatic rings. The molecule has 14 heavy (non-hydrogen) atoms. The van der Waals surface area contributed by atoms with Gasteiger partial charge in [0.2, 0.25) is 0 Å². The maximum absolute atomic E-state index is 9.28. The Labute approximate surface area is 91.3 Å². The zero-order valence-corrected chi connectivity index (χ0v) is 9.56. The second-order valence-corrected chi connectivity index (χ2v) is 5.83. The van der Waals surface area contributed by atoms with Crippen molar-refractivity contribution in [2.24, 2.45) is 17.8 Å². The third kappa shape index (κ3) is 2.25. The summed E-state index contributed by atoms with van der Waals surface area (Å²) < 4.78 is 0. The molecular formula is C12H19NS. The Bertz CT molecular complexity index is 209. The predicted molar refractivity (Wildman–Crippen MR) is 61.1 cm³/mol. The summed E-state index contributed by atoms with van der Waals surface area (Å²) in [4.78, 5) is 0. The van der Waals surface area contributed by atoms with Crippen LogP contribution in [-0.4, -0.2) is 11.5 Å². The number of thioether (sulfide) groups is 1. The van der Waals surface area contributed by atoms with Crippen molar-refractivity contribution in [2.45, 2.75) is 38.5 Å². The Kier molecular flexibility index (Phi) is 3.75. The van der Waals surface area contributed by atoms with Gasteiger partial charge in [0, 0.05) is 0 Å². The van der Waals surface area contributed by atoms with Gasteiger partial charge in [-0.25, -0.2) is 0 Å². The van der Waals surface area contributed by atoms with Crippen molar-refractivity contribution in [1.29, 1.82) is 5.26 Å². The molecule has 0 aromatic heterocycles. The molecule has 1 saturated carbocycles. The van der Waals surface area contributed by atoms with E-state index in [1.807, 2.05) is 0 Å². The fourth-order valence-electron chi connectivity index (χ4n) is 2.96. The second-order valence-electron chi connectivity index (χ2n) is 4.68. The molecule has 2 fully saturated rings. The van der Waals surface area contributed by atoms with E-state index in [-0.39, 0.29) is 0 Å².